The summed E-state index contributed by atoms with van der Waals surface area (Å²) in [5.41, 5.74) is 1.75. The number of carbonyl (C=O) groups is 1. The molecule has 1 aromatic rings. The van der Waals surface area contributed by atoms with Gasteiger partial charge in [0.25, 0.3) is 5.91 Å². The number of benzene rings is 1. The highest BCUT2D eigenvalue weighted by Crippen LogP contribution is 2.29. The van der Waals surface area contributed by atoms with Gasteiger partial charge in [-0.25, -0.2) is 0 Å². The molecule has 0 unspecified atom stereocenters. The van der Waals surface area contributed by atoms with Crippen molar-refractivity contribution in [2.45, 2.75) is 5.51 Å². The Morgan fingerprint density at radius 2 is 2.11 bits per heavy atom. The van der Waals surface area contributed by atoms with E-state index in [2.05, 4.69) is 5.32 Å². The molecule has 0 bridgehead atoms. The number of nitrogens with one attached hydrogen (secondary N) is 1. The first-order valence-electron chi connectivity index (χ1n) is 4.83. The van der Waals surface area contributed by atoms with Crippen molar-refractivity contribution in [1.29, 1.82) is 0 Å². The number of nitrogens with two attached hydrogens (primary N) is 1. The Hall–Kier alpha value is -1.08. The summed E-state index contributed by atoms with van der Waals surface area (Å²) in [6.45, 7) is -0.0935. The molecule has 0 fully saturated rings. The summed E-state index contributed by atoms with van der Waals surface area (Å²) in [7, 11) is 0. The van der Waals surface area contributed by atoms with Crippen LogP contribution >= 0.6 is 23.4 Å². The molecule has 0 aliphatic rings. The molecule has 1 amide bonds. The second-order valence-electron chi connectivity index (χ2n) is 3.29. The standard InChI is InChI=1S/C10H10ClF3N2OS/c11-8-5-6(15)1-2-7(8)9(17)16-3-4-18-10(12,13)14/h1-2,5H,3-4,15H2,(H,16,17). The third kappa shape index (κ3) is 5.05. The molecule has 8 heteroatoms. The minimum Gasteiger partial charge on any atom is -0.399 e. The van der Waals surface area contributed by atoms with Gasteiger partial charge in [0, 0.05) is 18.0 Å². The fraction of sp³-hybridized carbons (Fsp3) is 0.300. The summed E-state index contributed by atoms with van der Waals surface area (Å²) < 4.78 is 35.5. The average molecular weight is 299 g/mol. The number of carbonyl (C=O) groups excluding carboxylic acids is 1. The van der Waals surface area contributed by atoms with E-state index in [9.17, 15) is 18.0 Å². The second kappa shape index (κ2) is 6.19. The first-order chi connectivity index (χ1) is 8.29. The molecule has 0 heterocycles. The zero-order valence-electron chi connectivity index (χ0n) is 9.05. The minimum atomic E-state index is -4.29. The lowest BCUT2D eigenvalue weighted by Gasteiger charge is -2.08. The van der Waals surface area contributed by atoms with E-state index in [-0.39, 0.29) is 34.6 Å². The summed E-state index contributed by atoms with van der Waals surface area (Å²) in [5.74, 6) is -0.773. The second-order valence-corrected chi connectivity index (χ2v) is 4.86. The topological polar surface area (TPSA) is 55.1 Å². The summed E-state index contributed by atoms with van der Waals surface area (Å²) in [6, 6.07) is 4.32. The van der Waals surface area contributed by atoms with Crippen LogP contribution < -0.4 is 11.1 Å². The van der Waals surface area contributed by atoms with E-state index in [1.165, 1.54) is 18.2 Å². The predicted molar refractivity (Wildman–Crippen MR) is 66.7 cm³/mol. The molecule has 18 heavy (non-hydrogen) atoms. The Morgan fingerprint density at radius 1 is 1.44 bits per heavy atom. The van der Waals surface area contributed by atoms with Crippen molar-refractivity contribution in [2.24, 2.45) is 0 Å². The number of thioether (sulfide) groups is 1. The summed E-state index contributed by atoms with van der Waals surface area (Å²) >= 11 is 5.59. The maximum absolute atomic E-state index is 11.8. The fourth-order valence-corrected chi connectivity index (χ4v) is 1.85. The minimum absolute atomic E-state index is 0.0935. The number of amides is 1. The van der Waals surface area contributed by atoms with Crippen LogP contribution in [-0.2, 0) is 0 Å². The summed E-state index contributed by atoms with van der Waals surface area (Å²) in [5, 5.41) is 2.51. The van der Waals surface area contributed by atoms with Crippen LogP contribution in [0.15, 0.2) is 18.2 Å². The molecule has 0 aliphatic carbocycles. The SMILES string of the molecule is Nc1ccc(C(=O)NCCSC(F)(F)F)c(Cl)c1. The van der Waals surface area contributed by atoms with Gasteiger partial charge in [-0.05, 0) is 30.0 Å². The third-order valence-corrected chi connectivity index (χ3v) is 2.94. The van der Waals surface area contributed by atoms with Crippen molar-refractivity contribution in [2.75, 3.05) is 18.0 Å². The van der Waals surface area contributed by atoms with E-state index in [0.717, 1.165) is 0 Å². The first-order valence-corrected chi connectivity index (χ1v) is 6.20. The lowest BCUT2D eigenvalue weighted by Crippen LogP contribution is -2.26. The van der Waals surface area contributed by atoms with Crippen LogP contribution in [-0.4, -0.2) is 23.7 Å². The zero-order valence-corrected chi connectivity index (χ0v) is 10.6. The third-order valence-electron chi connectivity index (χ3n) is 1.89. The fourth-order valence-electron chi connectivity index (χ4n) is 1.14. The van der Waals surface area contributed by atoms with Gasteiger partial charge < -0.3 is 11.1 Å². The van der Waals surface area contributed by atoms with Crippen molar-refractivity contribution in [3.8, 4) is 0 Å². The van der Waals surface area contributed by atoms with Gasteiger partial charge in [0.2, 0.25) is 0 Å². The highest BCUT2D eigenvalue weighted by atomic mass is 35.5. The van der Waals surface area contributed by atoms with Gasteiger partial charge in [0.05, 0.1) is 10.6 Å². The molecule has 1 rings (SSSR count). The normalized spacial score (nSPS) is 11.3. The number of hydrogen-bond acceptors (Lipinski definition) is 3. The number of nitrogen functional groups attached to an aromatic ring is 1. The van der Waals surface area contributed by atoms with Crippen molar-refractivity contribution in [3.05, 3.63) is 28.8 Å². The lowest BCUT2D eigenvalue weighted by atomic mass is 10.2. The van der Waals surface area contributed by atoms with Gasteiger partial charge in [-0.3, -0.25) is 4.79 Å². The van der Waals surface area contributed by atoms with Crippen LogP contribution in [0.2, 0.25) is 5.02 Å². The maximum Gasteiger partial charge on any atom is 0.441 e. The van der Waals surface area contributed by atoms with Crippen LogP contribution in [0, 0.1) is 0 Å². The lowest BCUT2D eigenvalue weighted by molar-refractivity contribution is -0.0327. The van der Waals surface area contributed by atoms with Gasteiger partial charge in [-0.1, -0.05) is 11.6 Å². The molecule has 0 aliphatic heterocycles. The van der Waals surface area contributed by atoms with E-state index >= 15 is 0 Å². The number of alkyl halides is 3. The smallest absolute Gasteiger partial charge is 0.399 e. The van der Waals surface area contributed by atoms with Crippen LogP contribution in [0.5, 0.6) is 0 Å². The molecule has 0 spiro atoms. The average Bonchev–Trinajstić information content (AvgIpc) is 2.22. The van der Waals surface area contributed by atoms with E-state index in [1.807, 2.05) is 0 Å². The largest absolute Gasteiger partial charge is 0.441 e. The highest BCUT2D eigenvalue weighted by Gasteiger charge is 2.27. The molecule has 3 N–H and O–H groups in total. The molecule has 0 atom stereocenters. The number of halogens is 4. The molecular formula is C10H10ClF3N2OS. The predicted octanol–water partition coefficient (Wildman–Crippen LogP) is 2.91. The van der Waals surface area contributed by atoms with Gasteiger partial charge in [-0.2, -0.15) is 13.2 Å². The Balaban J connectivity index is 2.46. The van der Waals surface area contributed by atoms with Gasteiger partial charge >= 0.3 is 5.51 Å². The summed E-state index contributed by atoms with van der Waals surface area (Å²) in [4.78, 5) is 11.6. The number of hydrogen-bond donors (Lipinski definition) is 2. The number of anilines is 1. The first kappa shape index (κ1) is 15.0. The summed E-state index contributed by atoms with van der Waals surface area (Å²) in [6.07, 6.45) is 0. The van der Waals surface area contributed by atoms with Crippen LogP contribution in [0.1, 0.15) is 10.4 Å². The van der Waals surface area contributed by atoms with E-state index in [0.29, 0.717) is 5.69 Å². The molecular weight excluding hydrogens is 289 g/mol. The molecule has 1 aromatic carbocycles. The van der Waals surface area contributed by atoms with E-state index < -0.39 is 11.4 Å². The van der Waals surface area contributed by atoms with Crippen LogP contribution in [0.4, 0.5) is 18.9 Å². The van der Waals surface area contributed by atoms with Crippen molar-refractivity contribution < 1.29 is 18.0 Å². The van der Waals surface area contributed by atoms with Crippen molar-refractivity contribution in [3.63, 3.8) is 0 Å². The molecule has 0 radical (unpaired) electrons. The zero-order chi connectivity index (χ0) is 13.8. The molecule has 0 aromatic heterocycles. The Bertz CT molecular complexity index is 440. The van der Waals surface area contributed by atoms with E-state index in [4.69, 9.17) is 17.3 Å². The molecule has 0 saturated carbocycles. The van der Waals surface area contributed by atoms with E-state index in [1.54, 1.807) is 0 Å². The highest BCUT2D eigenvalue weighted by molar-refractivity contribution is 8.00. The van der Waals surface area contributed by atoms with Crippen molar-refractivity contribution >= 4 is 35.0 Å². The van der Waals surface area contributed by atoms with Gasteiger partial charge in [-0.15, -0.1) is 0 Å². The Kier molecular flexibility index (Phi) is 5.15. The van der Waals surface area contributed by atoms with Crippen molar-refractivity contribution in [1.82, 2.24) is 5.32 Å². The van der Waals surface area contributed by atoms with Crippen LogP contribution in [0.25, 0.3) is 0 Å². The monoisotopic (exact) mass is 298 g/mol. The molecule has 3 nitrogen and oxygen atoms in total. The molecule has 100 valence electrons. The quantitative estimate of drug-likeness (QED) is 0.664. The Morgan fingerprint density at radius 3 is 2.67 bits per heavy atom. The number of rotatable bonds is 4. The Labute approximate surface area is 111 Å². The maximum atomic E-state index is 11.8. The van der Waals surface area contributed by atoms with Gasteiger partial charge in [0.1, 0.15) is 0 Å². The molecule has 0 saturated heterocycles. The van der Waals surface area contributed by atoms with Gasteiger partial charge in [0.15, 0.2) is 0 Å². The van der Waals surface area contributed by atoms with Crippen LogP contribution in [0.3, 0.4) is 0 Å².